The molecule has 0 fully saturated rings. The maximum Gasteiger partial charge on any atom is 0.251 e. The number of benzene rings is 2. The van der Waals surface area contributed by atoms with Crippen molar-refractivity contribution in [2.45, 2.75) is 25.2 Å². The maximum atomic E-state index is 12.3. The van der Waals surface area contributed by atoms with Crippen LogP contribution in [0.3, 0.4) is 0 Å². The predicted molar refractivity (Wildman–Crippen MR) is 101 cm³/mol. The first-order valence-electron chi connectivity index (χ1n) is 8.29. The highest BCUT2D eigenvalue weighted by atomic mass is 32.2. The molecule has 0 aliphatic carbocycles. The lowest BCUT2D eigenvalue weighted by Crippen LogP contribution is -2.23. The van der Waals surface area contributed by atoms with Crippen molar-refractivity contribution in [3.63, 3.8) is 0 Å². The van der Waals surface area contributed by atoms with Crippen molar-refractivity contribution in [2.75, 3.05) is 17.6 Å². The van der Waals surface area contributed by atoms with Crippen molar-refractivity contribution in [1.82, 2.24) is 5.32 Å². The number of amides is 2. The molecule has 2 N–H and O–H groups in total. The summed E-state index contributed by atoms with van der Waals surface area (Å²) in [7, 11) is -3.52. The summed E-state index contributed by atoms with van der Waals surface area (Å²) in [4.78, 5) is 24.1. The molecule has 0 aliphatic rings. The van der Waals surface area contributed by atoms with Crippen molar-refractivity contribution in [3.05, 3.63) is 59.7 Å². The monoisotopic (exact) mass is 374 g/mol. The van der Waals surface area contributed by atoms with Crippen molar-refractivity contribution in [2.24, 2.45) is 0 Å². The number of hydrogen-bond donors (Lipinski definition) is 2. The Bertz CT molecular complexity index is 890. The van der Waals surface area contributed by atoms with Crippen LogP contribution in [0.25, 0.3) is 0 Å². The second-order valence-electron chi connectivity index (χ2n) is 5.87. The van der Waals surface area contributed by atoms with Gasteiger partial charge in [-0.1, -0.05) is 23.8 Å². The number of hydrogen-bond acceptors (Lipinski definition) is 4. The third kappa shape index (κ3) is 5.42. The zero-order valence-electron chi connectivity index (χ0n) is 14.8. The molecular formula is C19H22N2O4S. The molecule has 0 heterocycles. The van der Waals surface area contributed by atoms with Gasteiger partial charge in [0.2, 0.25) is 5.91 Å². The van der Waals surface area contributed by atoms with E-state index in [1.807, 2.05) is 13.8 Å². The van der Waals surface area contributed by atoms with Crippen molar-refractivity contribution in [3.8, 4) is 0 Å². The van der Waals surface area contributed by atoms with E-state index in [1.165, 1.54) is 0 Å². The van der Waals surface area contributed by atoms with Gasteiger partial charge in [-0.25, -0.2) is 8.42 Å². The standard InChI is InChI=1S/C19H22N2O4S/c1-3-20-19(23)15-5-4-6-16(13-15)21-18(22)11-12-26(24,25)17-9-7-14(2)8-10-17/h4-10,13H,3,11-12H2,1-2H3,(H,20,23)(H,21,22). The molecule has 0 radical (unpaired) electrons. The van der Waals surface area contributed by atoms with Crippen LogP contribution in [-0.2, 0) is 14.6 Å². The molecule has 2 aromatic carbocycles. The summed E-state index contributed by atoms with van der Waals surface area (Å²) in [6, 6.07) is 13.0. The molecule has 6 nitrogen and oxygen atoms in total. The minimum atomic E-state index is -3.52. The SMILES string of the molecule is CCNC(=O)c1cccc(NC(=O)CCS(=O)(=O)c2ccc(C)cc2)c1. The van der Waals surface area contributed by atoms with Crippen molar-refractivity contribution < 1.29 is 18.0 Å². The van der Waals surface area contributed by atoms with Gasteiger partial charge < -0.3 is 10.6 Å². The molecule has 7 heteroatoms. The zero-order chi connectivity index (χ0) is 19.2. The molecule has 0 aromatic heterocycles. The quantitative estimate of drug-likeness (QED) is 0.779. The average molecular weight is 374 g/mol. The van der Waals surface area contributed by atoms with Crippen LogP contribution in [0.5, 0.6) is 0 Å². The summed E-state index contributed by atoms with van der Waals surface area (Å²) in [6.45, 7) is 4.20. The molecule has 0 spiro atoms. The summed E-state index contributed by atoms with van der Waals surface area (Å²) in [5.74, 6) is -0.933. The maximum absolute atomic E-state index is 12.3. The van der Waals surface area contributed by atoms with E-state index in [0.717, 1.165) is 5.56 Å². The van der Waals surface area contributed by atoms with Gasteiger partial charge >= 0.3 is 0 Å². The van der Waals surface area contributed by atoms with Gasteiger partial charge in [-0.3, -0.25) is 9.59 Å². The molecule has 0 unspecified atom stereocenters. The fraction of sp³-hybridized carbons (Fsp3) is 0.263. The summed E-state index contributed by atoms with van der Waals surface area (Å²) >= 11 is 0. The Kier molecular flexibility index (Phi) is 6.52. The lowest BCUT2D eigenvalue weighted by molar-refractivity contribution is -0.115. The van der Waals surface area contributed by atoms with E-state index in [-0.39, 0.29) is 23.0 Å². The Morgan fingerprint density at radius 1 is 1.04 bits per heavy atom. The first kappa shape index (κ1) is 19.7. The van der Waals surface area contributed by atoms with Gasteiger partial charge in [-0.2, -0.15) is 0 Å². The molecule has 2 amide bonds. The predicted octanol–water partition coefficient (Wildman–Crippen LogP) is 2.55. The first-order valence-corrected chi connectivity index (χ1v) is 9.94. The number of rotatable bonds is 7. The Labute approximate surface area is 153 Å². The smallest absolute Gasteiger partial charge is 0.251 e. The summed E-state index contributed by atoms with van der Waals surface area (Å²) in [6.07, 6.45) is -0.165. The van der Waals surface area contributed by atoms with Gasteiger partial charge in [0.1, 0.15) is 0 Å². The van der Waals surface area contributed by atoms with Crippen LogP contribution < -0.4 is 10.6 Å². The van der Waals surface area contributed by atoms with E-state index in [0.29, 0.717) is 17.8 Å². The summed E-state index contributed by atoms with van der Waals surface area (Å²) in [5.41, 5.74) is 1.84. The third-order valence-electron chi connectivity index (χ3n) is 3.72. The van der Waals surface area contributed by atoms with Crippen LogP contribution in [0.1, 0.15) is 29.3 Å². The van der Waals surface area contributed by atoms with Crippen LogP contribution >= 0.6 is 0 Å². The van der Waals surface area contributed by atoms with E-state index in [2.05, 4.69) is 10.6 Å². The first-order chi connectivity index (χ1) is 12.3. The van der Waals surface area contributed by atoms with E-state index < -0.39 is 15.7 Å². The highest BCUT2D eigenvalue weighted by Gasteiger charge is 2.16. The molecule has 26 heavy (non-hydrogen) atoms. The van der Waals surface area contributed by atoms with Gasteiger partial charge in [-0.05, 0) is 44.2 Å². The Morgan fingerprint density at radius 2 is 1.73 bits per heavy atom. The molecular weight excluding hydrogens is 352 g/mol. The highest BCUT2D eigenvalue weighted by Crippen LogP contribution is 2.15. The Hall–Kier alpha value is -2.67. The van der Waals surface area contributed by atoms with Gasteiger partial charge in [0.15, 0.2) is 9.84 Å². The minimum absolute atomic E-state index is 0.165. The number of carbonyl (C=O) groups excluding carboxylic acids is 2. The number of carbonyl (C=O) groups is 2. The molecule has 0 saturated heterocycles. The Balaban J connectivity index is 1.97. The van der Waals surface area contributed by atoms with Gasteiger partial charge in [0.25, 0.3) is 5.91 Å². The molecule has 2 aromatic rings. The minimum Gasteiger partial charge on any atom is -0.352 e. The van der Waals surface area contributed by atoms with Crippen LogP contribution in [-0.4, -0.2) is 32.5 Å². The largest absolute Gasteiger partial charge is 0.352 e. The van der Waals surface area contributed by atoms with E-state index in [4.69, 9.17) is 0 Å². The zero-order valence-corrected chi connectivity index (χ0v) is 15.6. The van der Waals surface area contributed by atoms with Crippen LogP contribution in [0.15, 0.2) is 53.4 Å². The highest BCUT2D eigenvalue weighted by molar-refractivity contribution is 7.91. The van der Waals surface area contributed by atoms with Crippen molar-refractivity contribution in [1.29, 1.82) is 0 Å². The number of aryl methyl sites for hydroxylation is 1. The van der Waals surface area contributed by atoms with Gasteiger partial charge in [-0.15, -0.1) is 0 Å². The van der Waals surface area contributed by atoms with Crippen LogP contribution in [0.2, 0.25) is 0 Å². The normalized spacial score (nSPS) is 11.0. The molecule has 0 atom stereocenters. The van der Waals surface area contributed by atoms with E-state index >= 15 is 0 Å². The van der Waals surface area contributed by atoms with Crippen molar-refractivity contribution >= 4 is 27.3 Å². The number of nitrogens with one attached hydrogen (secondary N) is 2. The molecule has 0 bridgehead atoms. The molecule has 0 aliphatic heterocycles. The van der Waals surface area contributed by atoms with Gasteiger partial charge in [0.05, 0.1) is 10.6 Å². The number of anilines is 1. The fourth-order valence-corrected chi connectivity index (χ4v) is 3.56. The molecule has 2 rings (SSSR count). The topological polar surface area (TPSA) is 92.3 Å². The number of sulfone groups is 1. The molecule has 138 valence electrons. The van der Waals surface area contributed by atoms with E-state index in [9.17, 15) is 18.0 Å². The summed E-state index contributed by atoms with van der Waals surface area (Å²) in [5, 5.41) is 5.31. The summed E-state index contributed by atoms with van der Waals surface area (Å²) < 4.78 is 24.6. The van der Waals surface area contributed by atoms with Gasteiger partial charge in [0, 0.05) is 24.2 Å². The van der Waals surface area contributed by atoms with E-state index in [1.54, 1.807) is 48.5 Å². The second-order valence-corrected chi connectivity index (χ2v) is 7.98. The lowest BCUT2D eigenvalue weighted by atomic mass is 10.2. The third-order valence-corrected chi connectivity index (χ3v) is 5.46. The molecule has 0 saturated carbocycles. The second kappa shape index (κ2) is 8.62. The van der Waals surface area contributed by atoms with Crippen LogP contribution in [0, 0.1) is 6.92 Å². The average Bonchev–Trinajstić information content (AvgIpc) is 2.61. The fourth-order valence-electron chi connectivity index (χ4n) is 2.31. The Morgan fingerprint density at radius 3 is 2.38 bits per heavy atom. The lowest BCUT2D eigenvalue weighted by Gasteiger charge is -2.08. The van der Waals surface area contributed by atoms with Crippen LogP contribution in [0.4, 0.5) is 5.69 Å².